The predicted octanol–water partition coefficient (Wildman–Crippen LogP) is 2.91. The smallest absolute Gasteiger partial charge is 0.315 e. The molecule has 0 bridgehead atoms. The summed E-state index contributed by atoms with van der Waals surface area (Å²) in [4.78, 5) is 23.9. The van der Waals surface area contributed by atoms with Crippen molar-refractivity contribution in [3.63, 3.8) is 0 Å². The summed E-state index contributed by atoms with van der Waals surface area (Å²) in [5.41, 5.74) is 1.54. The number of phenols is 2. The third-order valence-corrected chi connectivity index (χ3v) is 3.62. The van der Waals surface area contributed by atoms with Crippen LogP contribution in [-0.2, 0) is 17.6 Å². The molecule has 0 saturated carbocycles. The SMILES string of the molecule is CC(C)=CCc1c(O)c2c(c(C(=O)C(C)C)c1O)OC(=O)C2. The van der Waals surface area contributed by atoms with Gasteiger partial charge in [-0.2, -0.15) is 0 Å². The standard InChI is InChI=1S/C17H20O5/c1-8(2)5-6-10-15(20)11-7-12(18)22-17(11)13(16(10)21)14(19)9(3)4/h5,9,20-21H,6-7H2,1-4H3. The lowest BCUT2D eigenvalue weighted by molar-refractivity contribution is -0.131. The van der Waals surface area contributed by atoms with Gasteiger partial charge in [0.1, 0.15) is 17.1 Å². The molecule has 1 aliphatic heterocycles. The number of allylic oxidation sites excluding steroid dienone is 2. The molecule has 1 aromatic carbocycles. The number of aromatic hydroxyl groups is 2. The van der Waals surface area contributed by atoms with Gasteiger partial charge in [0, 0.05) is 17.0 Å². The summed E-state index contributed by atoms with van der Waals surface area (Å²) in [7, 11) is 0. The number of hydrogen-bond acceptors (Lipinski definition) is 5. The summed E-state index contributed by atoms with van der Waals surface area (Å²) in [6.07, 6.45) is 2.02. The Bertz CT molecular complexity index is 679. The van der Waals surface area contributed by atoms with E-state index < -0.39 is 5.97 Å². The second-order valence-electron chi connectivity index (χ2n) is 6.01. The number of carbonyl (C=O) groups excluding carboxylic acids is 2. The van der Waals surface area contributed by atoms with Gasteiger partial charge < -0.3 is 14.9 Å². The lowest BCUT2D eigenvalue weighted by Crippen LogP contribution is -2.11. The van der Waals surface area contributed by atoms with Crippen LogP contribution in [0.25, 0.3) is 0 Å². The van der Waals surface area contributed by atoms with Gasteiger partial charge in [0.2, 0.25) is 0 Å². The Morgan fingerprint density at radius 3 is 2.45 bits per heavy atom. The molecule has 0 saturated heterocycles. The van der Waals surface area contributed by atoms with Crippen molar-refractivity contribution in [2.45, 2.75) is 40.5 Å². The minimum atomic E-state index is -0.540. The van der Waals surface area contributed by atoms with Crippen molar-refractivity contribution in [3.8, 4) is 17.2 Å². The topological polar surface area (TPSA) is 83.8 Å². The highest BCUT2D eigenvalue weighted by Crippen LogP contribution is 2.46. The molecule has 0 fully saturated rings. The van der Waals surface area contributed by atoms with Crippen LogP contribution in [0.3, 0.4) is 0 Å². The quantitative estimate of drug-likeness (QED) is 0.387. The Balaban J connectivity index is 2.70. The monoisotopic (exact) mass is 304 g/mol. The normalized spacial score (nSPS) is 13.0. The maximum atomic E-state index is 12.4. The van der Waals surface area contributed by atoms with Crippen LogP contribution in [0.1, 0.15) is 49.2 Å². The minimum absolute atomic E-state index is 0.000324. The molecule has 1 aromatic rings. The minimum Gasteiger partial charge on any atom is -0.507 e. The fraction of sp³-hybridized carbons (Fsp3) is 0.412. The number of esters is 1. The first-order valence-electron chi connectivity index (χ1n) is 7.21. The van der Waals surface area contributed by atoms with E-state index in [0.29, 0.717) is 0 Å². The first-order valence-corrected chi connectivity index (χ1v) is 7.21. The van der Waals surface area contributed by atoms with E-state index in [1.807, 2.05) is 19.9 Å². The van der Waals surface area contributed by atoms with Gasteiger partial charge in [-0.25, -0.2) is 0 Å². The Labute approximate surface area is 129 Å². The van der Waals surface area contributed by atoms with Crippen LogP contribution in [0.5, 0.6) is 17.2 Å². The number of carbonyl (C=O) groups is 2. The Kier molecular flexibility index (Phi) is 4.26. The maximum Gasteiger partial charge on any atom is 0.315 e. The van der Waals surface area contributed by atoms with Gasteiger partial charge in [0.25, 0.3) is 0 Å². The molecule has 0 spiro atoms. The number of phenolic OH excluding ortho intramolecular Hbond substituents is 2. The first kappa shape index (κ1) is 16.1. The van der Waals surface area contributed by atoms with Gasteiger partial charge in [-0.15, -0.1) is 0 Å². The zero-order valence-corrected chi connectivity index (χ0v) is 13.2. The number of ketones is 1. The van der Waals surface area contributed by atoms with Crippen molar-refractivity contribution in [2.24, 2.45) is 5.92 Å². The number of benzene rings is 1. The fourth-order valence-electron chi connectivity index (χ4n) is 2.40. The van der Waals surface area contributed by atoms with Crippen molar-refractivity contribution in [3.05, 3.63) is 28.3 Å². The average molecular weight is 304 g/mol. The largest absolute Gasteiger partial charge is 0.507 e. The van der Waals surface area contributed by atoms with Gasteiger partial charge in [0.15, 0.2) is 11.5 Å². The average Bonchev–Trinajstić information content (AvgIpc) is 2.79. The Morgan fingerprint density at radius 1 is 1.27 bits per heavy atom. The zero-order valence-electron chi connectivity index (χ0n) is 13.2. The molecule has 2 N–H and O–H groups in total. The summed E-state index contributed by atoms with van der Waals surface area (Å²) < 4.78 is 5.06. The molecule has 5 nitrogen and oxygen atoms in total. The Morgan fingerprint density at radius 2 is 1.91 bits per heavy atom. The van der Waals surface area contributed by atoms with Gasteiger partial charge >= 0.3 is 5.97 Å². The molecule has 1 aliphatic rings. The van der Waals surface area contributed by atoms with Crippen LogP contribution in [-0.4, -0.2) is 22.0 Å². The zero-order chi connectivity index (χ0) is 16.6. The van der Waals surface area contributed by atoms with Crippen LogP contribution in [0.15, 0.2) is 11.6 Å². The summed E-state index contributed by atoms with van der Waals surface area (Å²) >= 11 is 0. The maximum absolute atomic E-state index is 12.4. The molecule has 1 heterocycles. The Hall–Kier alpha value is -2.30. The molecule has 5 heteroatoms. The van der Waals surface area contributed by atoms with Gasteiger partial charge in [-0.05, 0) is 20.3 Å². The van der Waals surface area contributed by atoms with Crippen molar-refractivity contribution in [1.82, 2.24) is 0 Å². The predicted molar refractivity (Wildman–Crippen MR) is 81.4 cm³/mol. The number of Topliss-reactive ketones (excluding diaryl/α,β-unsaturated/α-hetero) is 1. The molecule has 0 aliphatic carbocycles. The van der Waals surface area contributed by atoms with E-state index in [1.54, 1.807) is 13.8 Å². The second kappa shape index (κ2) is 5.83. The molecule has 0 atom stereocenters. The van der Waals surface area contributed by atoms with Crippen LogP contribution in [0, 0.1) is 5.92 Å². The molecule has 0 unspecified atom stereocenters. The molecule has 0 amide bonds. The lowest BCUT2D eigenvalue weighted by Gasteiger charge is -2.16. The van der Waals surface area contributed by atoms with E-state index in [1.165, 1.54) is 0 Å². The first-order chi connectivity index (χ1) is 10.2. The molecule has 0 radical (unpaired) electrons. The summed E-state index contributed by atoms with van der Waals surface area (Å²) in [6, 6.07) is 0. The summed E-state index contributed by atoms with van der Waals surface area (Å²) in [5, 5.41) is 20.8. The number of fused-ring (bicyclic) bond motifs is 1. The third kappa shape index (κ3) is 2.71. The van der Waals surface area contributed by atoms with E-state index in [-0.39, 0.29) is 58.5 Å². The van der Waals surface area contributed by atoms with E-state index in [0.717, 1.165) is 5.57 Å². The third-order valence-electron chi connectivity index (χ3n) is 3.62. The molecule has 118 valence electrons. The highest BCUT2D eigenvalue weighted by Gasteiger charge is 2.35. The second-order valence-corrected chi connectivity index (χ2v) is 6.01. The van der Waals surface area contributed by atoms with E-state index in [2.05, 4.69) is 0 Å². The highest BCUT2D eigenvalue weighted by molar-refractivity contribution is 6.05. The van der Waals surface area contributed by atoms with Crippen LogP contribution >= 0.6 is 0 Å². The van der Waals surface area contributed by atoms with Crippen LogP contribution < -0.4 is 4.74 Å². The van der Waals surface area contributed by atoms with Gasteiger partial charge in [-0.3, -0.25) is 9.59 Å². The number of ether oxygens (including phenoxy) is 1. The molecule has 22 heavy (non-hydrogen) atoms. The number of rotatable bonds is 4. The number of hydrogen-bond donors (Lipinski definition) is 2. The van der Waals surface area contributed by atoms with E-state index >= 15 is 0 Å². The van der Waals surface area contributed by atoms with Gasteiger partial charge in [0.05, 0.1) is 6.42 Å². The van der Waals surface area contributed by atoms with Crippen molar-refractivity contribution in [1.29, 1.82) is 0 Å². The molecule has 0 aromatic heterocycles. The van der Waals surface area contributed by atoms with Crippen molar-refractivity contribution in [2.75, 3.05) is 0 Å². The van der Waals surface area contributed by atoms with E-state index in [9.17, 15) is 19.8 Å². The molecular weight excluding hydrogens is 284 g/mol. The van der Waals surface area contributed by atoms with Crippen molar-refractivity contribution >= 4 is 11.8 Å². The highest BCUT2D eigenvalue weighted by atomic mass is 16.5. The summed E-state index contributed by atoms with van der Waals surface area (Å²) in [5.74, 6) is -1.70. The molecule has 2 rings (SSSR count). The van der Waals surface area contributed by atoms with Gasteiger partial charge in [-0.1, -0.05) is 25.5 Å². The van der Waals surface area contributed by atoms with Crippen LogP contribution in [0.2, 0.25) is 0 Å². The van der Waals surface area contributed by atoms with Crippen molar-refractivity contribution < 1.29 is 24.5 Å². The van der Waals surface area contributed by atoms with Crippen LogP contribution in [0.4, 0.5) is 0 Å². The van der Waals surface area contributed by atoms with E-state index in [4.69, 9.17) is 4.74 Å². The summed E-state index contributed by atoms with van der Waals surface area (Å²) in [6.45, 7) is 7.20. The lowest BCUT2D eigenvalue weighted by atomic mass is 9.92. The fourth-order valence-corrected chi connectivity index (χ4v) is 2.40. The molecular formula is C17H20O5.